The molecule has 144 valence electrons. The molecule has 1 aromatic heterocycles. The van der Waals surface area contributed by atoms with Crippen molar-refractivity contribution in [3.05, 3.63) is 48.8 Å². The standard InChI is InChI=1S/C20H27N5O2/c1-21-20(23-10-15-27-17-6-5-9-22-16-17)25-13-11-24(12-14-25)18-7-3-4-8-19(18)26-2/h3-9,16H,10-15H2,1-2H3,(H,21,23). The molecule has 7 nitrogen and oxygen atoms in total. The van der Waals surface area contributed by atoms with E-state index in [0.29, 0.717) is 13.2 Å². The number of nitrogens with zero attached hydrogens (tertiary/aromatic N) is 4. The summed E-state index contributed by atoms with van der Waals surface area (Å²) in [7, 11) is 3.53. The first-order chi connectivity index (χ1) is 13.3. The topological polar surface area (TPSA) is 62.2 Å². The van der Waals surface area contributed by atoms with Gasteiger partial charge in [0.25, 0.3) is 0 Å². The number of benzene rings is 1. The average Bonchev–Trinajstić information content (AvgIpc) is 2.75. The van der Waals surface area contributed by atoms with Gasteiger partial charge in [-0.2, -0.15) is 0 Å². The van der Waals surface area contributed by atoms with Crippen LogP contribution in [-0.4, -0.2) is 69.3 Å². The van der Waals surface area contributed by atoms with Crippen LogP contribution in [0.5, 0.6) is 11.5 Å². The van der Waals surface area contributed by atoms with Crippen LogP contribution in [0.4, 0.5) is 5.69 Å². The number of guanidine groups is 1. The van der Waals surface area contributed by atoms with E-state index in [4.69, 9.17) is 9.47 Å². The lowest BCUT2D eigenvalue weighted by molar-refractivity contribution is 0.313. The van der Waals surface area contributed by atoms with Gasteiger partial charge in [0.15, 0.2) is 5.96 Å². The van der Waals surface area contributed by atoms with Crippen molar-refractivity contribution in [2.45, 2.75) is 0 Å². The van der Waals surface area contributed by atoms with Gasteiger partial charge < -0.3 is 24.6 Å². The Morgan fingerprint density at radius 3 is 2.67 bits per heavy atom. The summed E-state index contributed by atoms with van der Waals surface area (Å²) in [6.07, 6.45) is 3.45. The molecule has 2 heterocycles. The third-order valence-corrected chi connectivity index (χ3v) is 4.51. The Bertz CT molecular complexity index is 730. The van der Waals surface area contributed by atoms with E-state index in [9.17, 15) is 0 Å². The lowest BCUT2D eigenvalue weighted by Gasteiger charge is -2.38. The molecule has 1 fully saturated rings. The number of aliphatic imine (C=N–C) groups is 1. The first-order valence-corrected chi connectivity index (χ1v) is 9.18. The van der Waals surface area contributed by atoms with Crippen molar-refractivity contribution in [3.8, 4) is 11.5 Å². The Kier molecular flexibility index (Phi) is 6.73. The SMILES string of the molecule is CN=C(NCCOc1cccnc1)N1CCN(c2ccccc2OC)CC1. The van der Waals surface area contributed by atoms with Gasteiger partial charge in [0.2, 0.25) is 0 Å². The number of pyridine rings is 1. The number of hydrogen-bond acceptors (Lipinski definition) is 5. The summed E-state index contributed by atoms with van der Waals surface area (Å²) in [5.74, 6) is 2.60. The van der Waals surface area contributed by atoms with E-state index in [1.807, 2.05) is 37.4 Å². The number of para-hydroxylation sites is 2. The van der Waals surface area contributed by atoms with Gasteiger partial charge in [0.05, 0.1) is 25.5 Å². The fraction of sp³-hybridized carbons (Fsp3) is 0.400. The monoisotopic (exact) mass is 369 g/mol. The highest BCUT2D eigenvalue weighted by Crippen LogP contribution is 2.28. The number of ether oxygens (including phenoxy) is 2. The van der Waals surface area contributed by atoms with Crippen LogP contribution in [0.3, 0.4) is 0 Å². The van der Waals surface area contributed by atoms with Crippen molar-refractivity contribution >= 4 is 11.6 Å². The highest BCUT2D eigenvalue weighted by Gasteiger charge is 2.21. The van der Waals surface area contributed by atoms with Gasteiger partial charge >= 0.3 is 0 Å². The molecular weight excluding hydrogens is 342 g/mol. The van der Waals surface area contributed by atoms with Crippen molar-refractivity contribution in [1.82, 2.24) is 15.2 Å². The molecule has 0 saturated carbocycles. The molecular formula is C20H27N5O2. The predicted octanol–water partition coefficient (Wildman–Crippen LogP) is 1.87. The fourth-order valence-corrected chi connectivity index (χ4v) is 3.15. The molecule has 0 radical (unpaired) electrons. The van der Waals surface area contributed by atoms with Crippen LogP contribution in [0.1, 0.15) is 0 Å². The Balaban J connectivity index is 1.46. The fourth-order valence-electron chi connectivity index (χ4n) is 3.15. The van der Waals surface area contributed by atoms with E-state index in [2.05, 4.69) is 31.2 Å². The highest BCUT2D eigenvalue weighted by atomic mass is 16.5. The van der Waals surface area contributed by atoms with Gasteiger partial charge in [-0.05, 0) is 24.3 Å². The maximum absolute atomic E-state index is 5.67. The summed E-state index contributed by atoms with van der Waals surface area (Å²) in [6.45, 7) is 4.91. The molecule has 0 atom stereocenters. The number of piperazine rings is 1. The summed E-state index contributed by atoms with van der Waals surface area (Å²) in [5.41, 5.74) is 1.15. The number of anilines is 1. The zero-order valence-corrected chi connectivity index (χ0v) is 16.0. The summed E-state index contributed by atoms with van der Waals surface area (Å²) >= 11 is 0. The highest BCUT2D eigenvalue weighted by molar-refractivity contribution is 5.80. The van der Waals surface area contributed by atoms with Crippen LogP contribution < -0.4 is 19.7 Å². The maximum atomic E-state index is 5.67. The van der Waals surface area contributed by atoms with Gasteiger partial charge in [-0.25, -0.2) is 0 Å². The Morgan fingerprint density at radius 1 is 1.15 bits per heavy atom. The second-order valence-electron chi connectivity index (χ2n) is 6.16. The number of aromatic nitrogens is 1. The number of nitrogens with one attached hydrogen (secondary N) is 1. The van der Waals surface area contributed by atoms with E-state index in [1.165, 1.54) is 0 Å². The molecule has 0 spiro atoms. The third kappa shape index (κ3) is 5.03. The Morgan fingerprint density at radius 2 is 1.96 bits per heavy atom. The number of hydrogen-bond donors (Lipinski definition) is 1. The molecule has 0 bridgehead atoms. The molecule has 1 saturated heterocycles. The zero-order chi connectivity index (χ0) is 18.9. The van der Waals surface area contributed by atoms with Gasteiger partial charge in [0, 0.05) is 39.4 Å². The molecule has 0 unspecified atom stereocenters. The number of methoxy groups -OCH3 is 1. The summed E-state index contributed by atoms with van der Waals surface area (Å²) in [6, 6.07) is 11.9. The van der Waals surface area contributed by atoms with Gasteiger partial charge in [-0.3, -0.25) is 9.98 Å². The first-order valence-electron chi connectivity index (χ1n) is 9.18. The van der Waals surface area contributed by atoms with E-state index in [-0.39, 0.29) is 0 Å². The van der Waals surface area contributed by atoms with Crippen molar-refractivity contribution in [2.24, 2.45) is 4.99 Å². The average molecular weight is 369 g/mol. The molecule has 1 aliphatic heterocycles. The van der Waals surface area contributed by atoms with Gasteiger partial charge in [-0.1, -0.05) is 12.1 Å². The molecule has 0 aliphatic carbocycles. The smallest absolute Gasteiger partial charge is 0.193 e. The molecule has 0 amide bonds. The van der Waals surface area contributed by atoms with E-state index < -0.39 is 0 Å². The van der Waals surface area contributed by atoms with Gasteiger partial charge in [0.1, 0.15) is 18.1 Å². The van der Waals surface area contributed by atoms with Crippen LogP contribution in [0, 0.1) is 0 Å². The summed E-state index contributed by atoms with van der Waals surface area (Å²) < 4.78 is 11.2. The van der Waals surface area contributed by atoms with Crippen LogP contribution in [-0.2, 0) is 0 Å². The van der Waals surface area contributed by atoms with Crippen molar-refractivity contribution in [1.29, 1.82) is 0 Å². The second-order valence-corrected chi connectivity index (χ2v) is 6.16. The van der Waals surface area contributed by atoms with E-state index in [0.717, 1.165) is 49.3 Å². The van der Waals surface area contributed by atoms with Crippen LogP contribution in [0.15, 0.2) is 53.8 Å². The molecule has 7 heteroatoms. The minimum atomic E-state index is 0.561. The maximum Gasteiger partial charge on any atom is 0.193 e. The van der Waals surface area contributed by atoms with Crippen LogP contribution >= 0.6 is 0 Å². The first kappa shape index (κ1) is 18.8. The molecule has 27 heavy (non-hydrogen) atoms. The predicted molar refractivity (Wildman–Crippen MR) is 108 cm³/mol. The summed E-state index contributed by atoms with van der Waals surface area (Å²) in [5, 5.41) is 3.37. The summed E-state index contributed by atoms with van der Waals surface area (Å²) in [4.78, 5) is 13.1. The van der Waals surface area contributed by atoms with Crippen LogP contribution in [0.2, 0.25) is 0 Å². The molecule has 2 aromatic rings. The van der Waals surface area contributed by atoms with Crippen molar-refractivity contribution < 1.29 is 9.47 Å². The number of rotatable bonds is 6. The molecule has 1 aliphatic rings. The minimum absolute atomic E-state index is 0.561. The minimum Gasteiger partial charge on any atom is -0.495 e. The van der Waals surface area contributed by atoms with Gasteiger partial charge in [-0.15, -0.1) is 0 Å². The lowest BCUT2D eigenvalue weighted by Crippen LogP contribution is -2.53. The zero-order valence-electron chi connectivity index (χ0n) is 16.0. The Hall–Kier alpha value is -2.96. The normalized spacial score (nSPS) is 14.8. The largest absolute Gasteiger partial charge is 0.495 e. The van der Waals surface area contributed by atoms with E-state index in [1.54, 1.807) is 19.5 Å². The van der Waals surface area contributed by atoms with Crippen LogP contribution in [0.25, 0.3) is 0 Å². The van der Waals surface area contributed by atoms with E-state index >= 15 is 0 Å². The lowest BCUT2D eigenvalue weighted by atomic mass is 10.2. The molecule has 3 rings (SSSR count). The second kappa shape index (κ2) is 9.66. The third-order valence-electron chi connectivity index (χ3n) is 4.51. The molecule has 1 N–H and O–H groups in total. The van der Waals surface area contributed by atoms with Crippen molar-refractivity contribution in [2.75, 3.05) is 58.4 Å². The molecule has 1 aromatic carbocycles. The van der Waals surface area contributed by atoms with Crippen molar-refractivity contribution in [3.63, 3.8) is 0 Å². The Labute approximate surface area is 160 Å². The quantitative estimate of drug-likeness (QED) is 0.476.